The number of amides is 5. The Morgan fingerprint density at radius 1 is 0.974 bits per heavy atom. The van der Waals surface area contributed by atoms with Crippen molar-refractivity contribution in [3.63, 3.8) is 0 Å². The molecule has 38 heavy (non-hydrogen) atoms. The summed E-state index contributed by atoms with van der Waals surface area (Å²) >= 11 is 0. The number of hydrogen-bond donors (Lipinski definition) is 2. The summed E-state index contributed by atoms with van der Waals surface area (Å²) in [6, 6.07) is 7.56. The summed E-state index contributed by atoms with van der Waals surface area (Å²) in [5.74, 6) is -0.0588. The Kier molecular flexibility index (Phi) is 9.80. The Bertz CT molecular complexity index is 971. The lowest BCUT2D eigenvalue weighted by atomic mass is 10.0. The number of imide groups is 1. The van der Waals surface area contributed by atoms with Crippen LogP contribution in [0.4, 0.5) is 21.0 Å². The molecule has 11 nitrogen and oxygen atoms in total. The van der Waals surface area contributed by atoms with E-state index in [4.69, 9.17) is 4.74 Å². The van der Waals surface area contributed by atoms with Gasteiger partial charge in [-0.1, -0.05) is 13.3 Å². The maximum atomic E-state index is 12.8. The van der Waals surface area contributed by atoms with Crippen LogP contribution in [0.25, 0.3) is 0 Å². The van der Waals surface area contributed by atoms with E-state index in [9.17, 15) is 19.2 Å². The van der Waals surface area contributed by atoms with Gasteiger partial charge in [-0.2, -0.15) is 0 Å². The standard InChI is InChI=1S/C27H40N6O5/c1-2-3-20-38-27(37)28-21-8-13-32(14-9-21)25(35)11-12-30-16-18-31(19-17-30)22-4-6-23(7-5-22)33-15-10-24(34)29-26(33)36/h4-7,21H,2-3,8-20H2,1H3,(H,28,37)(H,29,34,36). The van der Waals surface area contributed by atoms with Crippen LogP contribution in [0.15, 0.2) is 24.3 Å². The number of carbonyl (C=O) groups is 4. The number of alkyl carbamates (subject to hydrolysis) is 1. The summed E-state index contributed by atoms with van der Waals surface area (Å²) in [4.78, 5) is 56.2. The largest absolute Gasteiger partial charge is 0.450 e. The lowest BCUT2D eigenvalue weighted by Gasteiger charge is -2.37. The molecule has 0 unspecified atom stereocenters. The molecule has 0 bridgehead atoms. The first-order valence-corrected chi connectivity index (χ1v) is 13.8. The molecule has 0 saturated carbocycles. The van der Waals surface area contributed by atoms with Crippen molar-refractivity contribution in [3.05, 3.63) is 24.3 Å². The van der Waals surface area contributed by atoms with Gasteiger partial charge in [0.1, 0.15) is 0 Å². The van der Waals surface area contributed by atoms with Gasteiger partial charge in [-0.3, -0.25) is 24.7 Å². The highest BCUT2D eigenvalue weighted by Crippen LogP contribution is 2.23. The molecule has 1 aromatic carbocycles. The number of carbonyl (C=O) groups excluding carboxylic acids is 4. The van der Waals surface area contributed by atoms with Crippen LogP contribution >= 0.6 is 0 Å². The van der Waals surface area contributed by atoms with Crippen molar-refractivity contribution in [1.82, 2.24) is 20.4 Å². The molecule has 2 N–H and O–H groups in total. The van der Waals surface area contributed by atoms with Gasteiger partial charge >= 0.3 is 12.1 Å². The first-order chi connectivity index (χ1) is 18.4. The molecule has 4 rings (SSSR count). The van der Waals surface area contributed by atoms with Crippen molar-refractivity contribution < 1.29 is 23.9 Å². The minimum atomic E-state index is -0.374. The van der Waals surface area contributed by atoms with Gasteiger partial charge in [0.2, 0.25) is 11.8 Å². The van der Waals surface area contributed by atoms with Crippen LogP contribution in [0.3, 0.4) is 0 Å². The summed E-state index contributed by atoms with van der Waals surface area (Å²) in [6.07, 6.45) is 3.83. The number of unbranched alkanes of at least 4 members (excludes halogenated alkanes) is 1. The molecule has 3 aliphatic rings. The third kappa shape index (κ3) is 7.59. The number of nitrogens with zero attached hydrogens (tertiary/aromatic N) is 4. The van der Waals surface area contributed by atoms with Crippen LogP contribution in [-0.2, 0) is 14.3 Å². The van der Waals surface area contributed by atoms with Crippen LogP contribution in [0.2, 0.25) is 0 Å². The number of ether oxygens (including phenoxy) is 1. The van der Waals surface area contributed by atoms with E-state index in [1.165, 1.54) is 0 Å². The predicted molar refractivity (Wildman–Crippen MR) is 144 cm³/mol. The van der Waals surface area contributed by atoms with Crippen LogP contribution < -0.4 is 20.4 Å². The molecule has 0 aliphatic carbocycles. The lowest BCUT2D eigenvalue weighted by molar-refractivity contribution is -0.132. The Morgan fingerprint density at radius 2 is 1.66 bits per heavy atom. The third-order valence-corrected chi connectivity index (χ3v) is 7.50. The number of benzene rings is 1. The number of anilines is 2. The average Bonchev–Trinajstić information content (AvgIpc) is 2.93. The first kappa shape index (κ1) is 27.7. The van der Waals surface area contributed by atoms with Gasteiger partial charge in [0.25, 0.3) is 0 Å². The van der Waals surface area contributed by atoms with Crippen molar-refractivity contribution in [3.8, 4) is 0 Å². The second-order valence-electron chi connectivity index (χ2n) is 10.1. The molecule has 3 fully saturated rings. The van der Waals surface area contributed by atoms with E-state index >= 15 is 0 Å². The predicted octanol–water partition coefficient (Wildman–Crippen LogP) is 2.16. The molecule has 0 aromatic heterocycles. The van der Waals surface area contributed by atoms with Gasteiger partial charge in [-0.15, -0.1) is 0 Å². The molecule has 3 aliphatic heterocycles. The SMILES string of the molecule is CCCCOC(=O)NC1CCN(C(=O)CCN2CCN(c3ccc(N4CCC(=O)NC4=O)cc3)CC2)CC1. The molecule has 208 valence electrons. The fourth-order valence-corrected chi connectivity index (χ4v) is 5.09. The van der Waals surface area contributed by atoms with E-state index in [0.717, 1.165) is 69.8 Å². The normalized spacial score (nSPS) is 19.3. The summed E-state index contributed by atoms with van der Waals surface area (Å²) < 4.78 is 5.17. The summed E-state index contributed by atoms with van der Waals surface area (Å²) in [5, 5.41) is 5.27. The highest BCUT2D eigenvalue weighted by Gasteiger charge is 2.26. The highest BCUT2D eigenvalue weighted by molar-refractivity contribution is 6.05. The molecule has 5 amide bonds. The highest BCUT2D eigenvalue weighted by atomic mass is 16.5. The number of piperidine rings is 1. The van der Waals surface area contributed by atoms with Crippen LogP contribution in [0, 0.1) is 0 Å². The maximum Gasteiger partial charge on any atom is 0.407 e. The number of hydrogen-bond acceptors (Lipinski definition) is 7. The molecule has 3 heterocycles. The zero-order valence-electron chi connectivity index (χ0n) is 22.3. The number of likely N-dealkylation sites (tertiary alicyclic amines) is 1. The van der Waals surface area contributed by atoms with E-state index in [1.807, 2.05) is 29.2 Å². The first-order valence-electron chi connectivity index (χ1n) is 13.8. The van der Waals surface area contributed by atoms with Gasteiger partial charge in [0, 0.05) is 82.6 Å². The average molecular weight is 529 g/mol. The maximum absolute atomic E-state index is 12.8. The Hall–Kier alpha value is -3.34. The smallest absolute Gasteiger partial charge is 0.407 e. The van der Waals surface area contributed by atoms with E-state index in [2.05, 4.69) is 27.4 Å². The topological polar surface area (TPSA) is 115 Å². The Balaban J connectivity index is 1.13. The lowest BCUT2D eigenvalue weighted by Crippen LogP contribution is -2.49. The fourth-order valence-electron chi connectivity index (χ4n) is 5.09. The van der Waals surface area contributed by atoms with Crippen molar-refractivity contribution in [2.75, 3.05) is 68.8 Å². The van der Waals surface area contributed by atoms with Gasteiger partial charge in [0.05, 0.1) is 6.61 Å². The Morgan fingerprint density at radius 3 is 2.32 bits per heavy atom. The summed E-state index contributed by atoms with van der Waals surface area (Å²) in [7, 11) is 0. The molecule has 1 aromatic rings. The molecule has 3 saturated heterocycles. The number of urea groups is 1. The molecule has 11 heteroatoms. The zero-order chi connectivity index (χ0) is 26.9. The van der Waals surface area contributed by atoms with Crippen LogP contribution in [0.5, 0.6) is 0 Å². The van der Waals surface area contributed by atoms with Crippen LogP contribution in [0.1, 0.15) is 45.4 Å². The van der Waals surface area contributed by atoms with Crippen molar-refractivity contribution >= 4 is 35.3 Å². The monoisotopic (exact) mass is 528 g/mol. The van der Waals surface area contributed by atoms with Crippen LogP contribution in [-0.4, -0.2) is 98.7 Å². The number of nitrogens with one attached hydrogen (secondary N) is 2. The molecular formula is C27H40N6O5. The van der Waals surface area contributed by atoms with Crippen molar-refractivity contribution in [2.45, 2.75) is 51.5 Å². The van der Waals surface area contributed by atoms with Crippen molar-refractivity contribution in [1.29, 1.82) is 0 Å². The quantitative estimate of drug-likeness (QED) is 0.472. The summed E-state index contributed by atoms with van der Waals surface area (Å²) in [6.45, 7) is 8.49. The molecule has 0 spiro atoms. The Labute approximate surface area is 224 Å². The van der Waals surface area contributed by atoms with Crippen molar-refractivity contribution in [2.24, 2.45) is 0 Å². The minimum absolute atomic E-state index is 0.0662. The zero-order valence-corrected chi connectivity index (χ0v) is 22.3. The third-order valence-electron chi connectivity index (χ3n) is 7.50. The number of piperazine rings is 1. The number of rotatable bonds is 9. The van der Waals surface area contributed by atoms with E-state index in [0.29, 0.717) is 39.1 Å². The second-order valence-corrected chi connectivity index (χ2v) is 10.1. The second kappa shape index (κ2) is 13.5. The molecule has 0 atom stereocenters. The van der Waals surface area contributed by atoms with E-state index < -0.39 is 0 Å². The van der Waals surface area contributed by atoms with Gasteiger partial charge in [0.15, 0.2) is 0 Å². The van der Waals surface area contributed by atoms with Gasteiger partial charge in [-0.05, 0) is 43.5 Å². The van der Waals surface area contributed by atoms with Gasteiger partial charge < -0.3 is 19.9 Å². The van der Waals surface area contributed by atoms with E-state index in [-0.39, 0.29) is 30.0 Å². The molecule has 0 radical (unpaired) electrons. The van der Waals surface area contributed by atoms with E-state index in [1.54, 1.807) is 4.90 Å². The van der Waals surface area contributed by atoms with Gasteiger partial charge in [-0.25, -0.2) is 9.59 Å². The fraction of sp³-hybridized carbons (Fsp3) is 0.630. The minimum Gasteiger partial charge on any atom is -0.450 e. The molecular weight excluding hydrogens is 488 g/mol. The summed E-state index contributed by atoms with van der Waals surface area (Å²) in [5.41, 5.74) is 1.88.